The van der Waals surface area contributed by atoms with Gasteiger partial charge in [0.15, 0.2) is 12.1 Å². The van der Waals surface area contributed by atoms with E-state index in [2.05, 4.69) is 0 Å². The summed E-state index contributed by atoms with van der Waals surface area (Å²) in [6.45, 7) is 7.00. The van der Waals surface area contributed by atoms with E-state index in [0.717, 1.165) is 0 Å². The molecule has 396 valence electrons. The van der Waals surface area contributed by atoms with Crippen LogP contribution in [0.4, 0.5) is 0 Å². The van der Waals surface area contributed by atoms with E-state index in [4.69, 9.17) is 24.7 Å². The summed E-state index contributed by atoms with van der Waals surface area (Å²) in [5, 5.41) is 120. The topological polar surface area (TPSA) is 323 Å². The molecule has 19 nitrogen and oxygen atoms in total. The molecule has 0 aromatic carbocycles. The van der Waals surface area contributed by atoms with E-state index >= 15 is 0 Å². The Hall–Kier alpha value is -3.48. The summed E-state index contributed by atoms with van der Waals surface area (Å²) in [6, 6.07) is -1.14. The molecule has 19 heteroatoms. The quantitative estimate of drug-likeness (QED) is 0.168. The van der Waals surface area contributed by atoms with Crippen molar-refractivity contribution in [3.8, 4) is 0 Å². The van der Waals surface area contributed by atoms with E-state index in [1.807, 2.05) is 37.3 Å². The van der Waals surface area contributed by atoms with Crippen LogP contribution in [0.5, 0.6) is 0 Å². The Morgan fingerprint density at radius 3 is 1.86 bits per heavy atom. The van der Waals surface area contributed by atoms with Crippen molar-refractivity contribution in [3.63, 3.8) is 0 Å². The number of carbonyl (C=O) groups is 2. The predicted molar refractivity (Wildman–Crippen MR) is 257 cm³/mol. The zero-order chi connectivity index (χ0) is 51.7. The van der Waals surface area contributed by atoms with Crippen LogP contribution in [0.2, 0.25) is 0 Å². The second-order valence-corrected chi connectivity index (χ2v) is 19.5. The van der Waals surface area contributed by atoms with Crippen LogP contribution in [0.25, 0.3) is 0 Å². The van der Waals surface area contributed by atoms with E-state index in [1.165, 1.54) is 4.90 Å². The highest BCUT2D eigenvalue weighted by Gasteiger charge is 2.52. The Kier molecular flexibility index (Phi) is 24.2. The van der Waals surface area contributed by atoms with Crippen molar-refractivity contribution in [3.05, 3.63) is 85.1 Å². The molecule has 3 fully saturated rings. The Labute approximate surface area is 411 Å². The fourth-order valence-corrected chi connectivity index (χ4v) is 9.12. The Balaban J connectivity index is 1.60. The lowest BCUT2D eigenvalue weighted by molar-refractivity contribution is -0.308. The van der Waals surface area contributed by atoms with Crippen molar-refractivity contribution in [2.45, 2.75) is 189 Å². The molecule has 20 atom stereocenters. The second-order valence-electron chi connectivity index (χ2n) is 19.5. The predicted octanol–water partition coefficient (Wildman–Crippen LogP) is 0.220. The van der Waals surface area contributed by atoms with Crippen LogP contribution in [0.1, 0.15) is 85.5 Å². The summed E-state index contributed by atoms with van der Waals surface area (Å²) in [5.74, 6) is -5.60. The highest BCUT2D eigenvalue weighted by atomic mass is 16.7. The molecular formula is C51H80N2O17. The molecule has 2 bridgehead atoms. The van der Waals surface area contributed by atoms with E-state index in [0.29, 0.717) is 6.42 Å². The molecule has 0 aliphatic carbocycles. The molecular weight excluding hydrogens is 913 g/mol. The van der Waals surface area contributed by atoms with Crippen molar-refractivity contribution >= 4 is 11.9 Å². The fourth-order valence-electron chi connectivity index (χ4n) is 9.12. The summed E-state index contributed by atoms with van der Waals surface area (Å²) < 4.78 is 23.8. The second kappa shape index (κ2) is 28.7. The molecule has 0 saturated carbocycles. The normalized spacial score (nSPS) is 45.3. The number of carbonyl (C=O) groups excluding carboxylic acids is 2. The molecule has 13 N–H and O–H groups in total. The number of nitrogens with two attached hydrogens (primary N) is 1. The number of hydrogen-bond donors (Lipinski definition) is 12. The lowest BCUT2D eigenvalue weighted by Gasteiger charge is -2.46. The zero-order valence-electron chi connectivity index (χ0n) is 40.7. The smallest absolute Gasteiger partial charge is 0.308 e. The molecule has 4 heterocycles. The first-order valence-corrected chi connectivity index (χ1v) is 24.5. The summed E-state index contributed by atoms with van der Waals surface area (Å²) in [5.41, 5.74) is 6.10. The lowest BCUT2D eigenvalue weighted by atomic mass is 9.81. The standard InChI is InChI=1S/C51H80N2O17/c1-30-17-15-13-11-9-7-5-6-8-10-12-14-16-18-38(69-50-48(64)45(52)47(63)33(4)68-50)26-42-44(49(65)53-22-21-35(55)29-53)41(60)28-51(66,70-42)27-37(57)24-40(59)39(58)20-19-34(54)23-36(56)25-43(61)67-32(3)31(2)46(30)62/h5-18,30-42,44-48,50,54-60,62-64,66H,19-29,52H2,1-4H3/b6-5+,9-7+,10-8+,13-11+,14-12+,17-15+,18-16+/t30-,31-,32-,33+,34?,35?,36?,37?,38?,39?,40?,41-,42-,44?,45-,46?,47?,48-,50-,51?/m0/s1. The van der Waals surface area contributed by atoms with Crippen LogP contribution in [0.15, 0.2) is 85.1 Å². The third-order valence-corrected chi connectivity index (χ3v) is 13.5. The molecule has 0 spiro atoms. The van der Waals surface area contributed by atoms with Gasteiger partial charge in [0.05, 0.1) is 91.6 Å². The van der Waals surface area contributed by atoms with Crippen LogP contribution in [0.3, 0.4) is 0 Å². The average Bonchev–Trinajstić information content (AvgIpc) is 3.73. The summed E-state index contributed by atoms with van der Waals surface area (Å²) in [4.78, 5) is 28.1. The number of rotatable bonds is 3. The number of nitrogens with zero attached hydrogens (tertiary/aromatic N) is 1. The van der Waals surface area contributed by atoms with Gasteiger partial charge in [-0.15, -0.1) is 0 Å². The number of aliphatic hydroxyl groups excluding tert-OH is 10. The van der Waals surface area contributed by atoms with Crippen LogP contribution in [-0.2, 0) is 28.5 Å². The maximum absolute atomic E-state index is 14.1. The number of β-amino-alcohol motifs (C(OH)–C–C–N with tert-alkyl or cyclic N) is 1. The first kappa shape index (κ1) is 59.1. The summed E-state index contributed by atoms with van der Waals surface area (Å²) >= 11 is 0. The van der Waals surface area contributed by atoms with Gasteiger partial charge in [-0.2, -0.15) is 0 Å². The van der Waals surface area contributed by atoms with Gasteiger partial charge in [0, 0.05) is 50.6 Å². The number of esters is 1. The van der Waals surface area contributed by atoms with E-state index in [1.54, 1.807) is 75.5 Å². The number of likely N-dealkylation sites (tertiary alicyclic amines) is 1. The highest BCUT2D eigenvalue weighted by Crippen LogP contribution is 2.39. The van der Waals surface area contributed by atoms with Gasteiger partial charge in [0.25, 0.3) is 0 Å². The summed E-state index contributed by atoms with van der Waals surface area (Å²) in [7, 11) is 0. The van der Waals surface area contributed by atoms with Crippen molar-refractivity contribution < 1.29 is 84.7 Å². The molecule has 0 radical (unpaired) electrons. The number of allylic oxidation sites excluding steroid dienone is 12. The molecule has 0 aromatic heterocycles. The number of amides is 1. The SMILES string of the molecule is C[C@@H]1OC(=O)CC(O)CC(O)CCC(O)C(O)CC(O)CC2(O)C[C@H](O)C(C(=O)N3CCC(O)C3)[C@H](CC(O[C@@H]3O[C@H](C)C(O)[C@H](N)[C@@H]3O)/C=C/C=C/C=C/C=C/C=C/C=C/C=C/[C@H](C)C(O)[C@H]1C)O2. The average molecular weight is 993 g/mol. The Morgan fingerprint density at radius 2 is 1.26 bits per heavy atom. The van der Waals surface area contributed by atoms with Gasteiger partial charge in [-0.05, 0) is 39.5 Å². The third kappa shape index (κ3) is 18.5. The van der Waals surface area contributed by atoms with Crippen LogP contribution in [-0.4, -0.2) is 190 Å². The number of aliphatic hydroxyl groups is 11. The van der Waals surface area contributed by atoms with Crippen LogP contribution >= 0.6 is 0 Å². The van der Waals surface area contributed by atoms with Gasteiger partial charge in [0.2, 0.25) is 5.91 Å². The minimum absolute atomic E-state index is 0.00720. The molecule has 4 aliphatic heterocycles. The Morgan fingerprint density at radius 1 is 0.657 bits per heavy atom. The first-order valence-electron chi connectivity index (χ1n) is 24.5. The minimum atomic E-state index is -2.29. The summed E-state index contributed by atoms with van der Waals surface area (Å²) in [6.07, 6.45) is 3.99. The molecule has 3 saturated heterocycles. The van der Waals surface area contributed by atoms with Crippen LogP contribution in [0, 0.1) is 17.8 Å². The van der Waals surface area contributed by atoms with Crippen molar-refractivity contribution in [1.29, 1.82) is 0 Å². The maximum Gasteiger partial charge on any atom is 0.308 e. The van der Waals surface area contributed by atoms with Crippen molar-refractivity contribution in [2.24, 2.45) is 23.5 Å². The van der Waals surface area contributed by atoms with Gasteiger partial charge in [0.1, 0.15) is 12.2 Å². The van der Waals surface area contributed by atoms with Gasteiger partial charge in [-0.3, -0.25) is 9.59 Å². The number of fused-ring (bicyclic) bond motifs is 2. The fraction of sp³-hybridized carbons (Fsp3) is 0.686. The van der Waals surface area contributed by atoms with Gasteiger partial charge in [-0.25, -0.2) is 0 Å². The Bertz CT molecular complexity index is 1820. The van der Waals surface area contributed by atoms with Crippen LogP contribution < -0.4 is 5.73 Å². The number of hydrogen-bond acceptors (Lipinski definition) is 18. The van der Waals surface area contributed by atoms with Gasteiger partial charge < -0.3 is 85.8 Å². The van der Waals surface area contributed by atoms with E-state index < -0.39 is 153 Å². The minimum Gasteiger partial charge on any atom is -0.462 e. The molecule has 4 rings (SSSR count). The van der Waals surface area contributed by atoms with E-state index in [-0.39, 0.29) is 44.7 Å². The van der Waals surface area contributed by atoms with Crippen molar-refractivity contribution in [2.75, 3.05) is 13.1 Å². The monoisotopic (exact) mass is 993 g/mol. The highest BCUT2D eigenvalue weighted by molar-refractivity contribution is 5.80. The lowest BCUT2D eigenvalue weighted by Crippen LogP contribution is -2.62. The first-order chi connectivity index (χ1) is 33.1. The largest absolute Gasteiger partial charge is 0.462 e. The number of cyclic esters (lactones) is 1. The maximum atomic E-state index is 14.1. The van der Waals surface area contributed by atoms with Gasteiger partial charge in [-0.1, -0.05) is 98.9 Å². The molecule has 0 aromatic rings. The number of ether oxygens (including phenoxy) is 4. The molecule has 1 amide bonds. The van der Waals surface area contributed by atoms with E-state index in [9.17, 15) is 65.8 Å². The third-order valence-electron chi connectivity index (χ3n) is 13.5. The molecule has 4 aliphatic rings. The molecule has 70 heavy (non-hydrogen) atoms. The van der Waals surface area contributed by atoms with Crippen molar-refractivity contribution in [1.82, 2.24) is 4.90 Å². The zero-order valence-corrected chi connectivity index (χ0v) is 40.7. The van der Waals surface area contributed by atoms with Gasteiger partial charge >= 0.3 is 5.97 Å². The molecule has 11 unspecified atom stereocenters.